The maximum absolute atomic E-state index is 11.2. The van der Waals surface area contributed by atoms with Crippen molar-refractivity contribution in [2.24, 2.45) is 0 Å². The lowest BCUT2D eigenvalue weighted by molar-refractivity contribution is -0.165. The van der Waals surface area contributed by atoms with E-state index in [1.54, 1.807) is 20.8 Å². The Morgan fingerprint density at radius 3 is 2.13 bits per heavy atom. The van der Waals surface area contributed by atoms with E-state index in [0.29, 0.717) is 6.41 Å². The van der Waals surface area contributed by atoms with Crippen LogP contribution < -0.4 is 0 Å². The summed E-state index contributed by atoms with van der Waals surface area (Å²) in [5, 5.41) is 9.20. The maximum Gasteiger partial charge on any atom is 0.332 e. The summed E-state index contributed by atoms with van der Waals surface area (Å²) in [7, 11) is 1.43. The molecule has 0 saturated carbocycles. The van der Waals surface area contributed by atoms with Gasteiger partial charge < -0.3 is 14.7 Å². The fourth-order valence-electron chi connectivity index (χ4n) is 1.49. The Balaban J connectivity index is 5.25. The molecule has 2 unspecified atom stereocenters. The molecule has 5 heteroatoms. The first-order valence-electron chi connectivity index (χ1n) is 4.82. The predicted molar refractivity (Wildman–Crippen MR) is 55.6 cm³/mol. The highest BCUT2D eigenvalue weighted by Gasteiger charge is 2.45. The summed E-state index contributed by atoms with van der Waals surface area (Å²) in [6, 6.07) is -0.193. The van der Waals surface area contributed by atoms with Crippen molar-refractivity contribution >= 4 is 12.4 Å². The molecular weight excluding hydrogens is 198 g/mol. The fourth-order valence-corrected chi connectivity index (χ4v) is 1.49. The number of carboxylic acids is 1. The second-order valence-electron chi connectivity index (χ2n) is 3.94. The van der Waals surface area contributed by atoms with Crippen molar-refractivity contribution in [1.29, 1.82) is 0 Å². The molecule has 0 aliphatic heterocycles. The van der Waals surface area contributed by atoms with E-state index in [2.05, 4.69) is 0 Å². The number of carbonyl (C=O) groups is 2. The zero-order chi connectivity index (χ0) is 12.2. The van der Waals surface area contributed by atoms with Crippen LogP contribution in [0.3, 0.4) is 0 Å². The average Bonchev–Trinajstić information content (AvgIpc) is 2.16. The van der Waals surface area contributed by atoms with Crippen LogP contribution in [0.15, 0.2) is 0 Å². The van der Waals surface area contributed by atoms with Gasteiger partial charge in [-0.2, -0.15) is 0 Å². The van der Waals surface area contributed by atoms with Gasteiger partial charge in [0.05, 0.1) is 6.10 Å². The number of amides is 1. The van der Waals surface area contributed by atoms with Gasteiger partial charge in [0.2, 0.25) is 6.41 Å². The average molecular weight is 217 g/mol. The Morgan fingerprint density at radius 2 is 1.93 bits per heavy atom. The minimum Gasteiger partial charge on any atom is -0.479 e. The van der Waals surface area contributed by atoms with E-state index in [0.717, 1.165) is 0 Å². The van der Waals surface area contributed by atoms with Crippen LogP contribution in [0.25, 0.3) is 0 Å². The topological polar surface area (TPSA) is 66.8 Å². The molecule has 0 aromatic rings. The van der Waals surface area contributed by atoms with Crippen LogP contribution in [0, 0.1) is 0 Å². The van der Waals surface area contributed by atoms with Crippen molar-refractivity contribution in [3.63, 3.8) is 0 Å². The van der Waals surface area contributed by atoms with Gasteiger partial charge in [0.25, 0.3) is 0 Å². The number of nitrogens with zero attached hydrogens (tertiary/aromatic N) is 1. The molecular formula is C10H19NO4. The molecule has 88 valence electrons. The van der Waals surface area contributed by atoms with Crippen LogP contribution in [0.2, 0.25) is 0 Å². The highest BCUT2D eigenvalue weighted by molar-refractivity contribution is 5.82. The number of ether oxygens (including phenoxy) is 1. The lowest BCUT2D eigenvalue weighted by Crippen LogP contribution is -2.61. The standard InChI is InChI=1S/C10H19NO4/c1-7(2)11(6-12)10(4,9(13)14)8(3)15-5/h6-8H,1-5H3,(H,13,14). The molecule has 0 rings (SSSR count). The first-order chi connectivity index (χ1) is 6.82. The number of carbonyl (C=O) groups excluding carboxylic acids is 1. The Kier molecular flexibility index (Phi) is 4.74. The summed E-state index contributed by atoms with van der Waals surface area (Å²) >= 11 is 0. The summed E-state index contributed by atoms with van der Waals surface area (Å²) in [6.45, 7) is 6.64. The van der Waals surface area contributed by atoms with E-state index < -0.39 is 17.6 Å². The van der Waals surface area contributed by atoms with Gasteiger partial charge in [-0.15, -0.1) is 0 Å². The molecule has 0 aromatic heterocycles. The third-order valence-electron chi connectivity index (χ3n) is 2.78. The molecule has 1 amide bonds. The molecule has 0 radical (unpaired) electrons. The number of hydrogen-bond donors (Lipinski definition) is 1. The Labute approximate surface area is 90.0 Å². The molecule has 0 aliphatic rings. The molecule has 0 aliphatic carbocycles. The smallest absolute Gasteiger partial charge is 0.332 e. The lowest BCUT2D eigenvalue weighted by atomic mass is 9.92. The van der Waals surface area contributed by atoms with Gasteiger partial charge in [-0.1, -0.05) is 0 Å². The third kappa shape index (κ3) is 2.47. The van der Waals surface area contributed by atoms with Gasteiger partial charge >= 0.3 is 5.97 Å². The summed E-state index contributed by atoms with van der Waals surface area (Å²) in [6.07, 6.45) is -0.0310. The quantitative estimate of drug-likeness (QED) is 0.666. The van der Waals surface area contributed by atoms with Crippen LogP contribution in [-0.2, 0) is 14.3 Å². The fraction of sp³-hybridized carbons (Fsp3) is 0.800. The van der Waals surface area contributed by atoms with Gasteiger partial charge in [0, 0.05) is 13.2 Å². The normalized spacial score (nSPS) is 16.9. The summed E-state index contributed by atoms with van der Waals surface area (Å²) in [5.74, 6) is -1.07. The highest BCUT2D eigenvalue weighted by Crippen LogP contribution is 2.23. The molecule has 0 saturated heterocycles. The van der Waals surface area contributed by atoms with E-state index >= 15 is 0 Å². The first-order valence-corrected chi connectivity index (χ1v) is 4.82. The molecule has 0 heterocycles. The van der Waals surface area contributed by atoms with Crippen molar-refractivity contribution in [3.05, 3.63) is 0 Å². The molecule has 1 N–H and O–H groups in total. The second kappa shape index (κ2) is 5.11. The van der Waals surface area contributed by atoms with E-state index in [4.69, 9.17) is 4.74 Å². The Bertz CT molecular complexity index is 242. The summed E-state index contributed by atoms with van der Waals surface area (Å²) in [5.41, 5.74) is -1.34. The molecule has 0 spiro atoms. The zero-order valence-electron chi connectivity index (χ0n) is 9.85. The molecule has 0 fully saturated rings. The number of rotatable bonds is 6. The Hall–Kier alpha value is -1.10. The number of hydrogen-bond acceptors (Lipinski definition) is 3. The van der Waals surface area contributed by atoms with Gasteiger partial charge in [0.1, 0.15) is 0 Å². The number of carboxylic acid groups (broad SMARTS) is 1. The zero-order valence-corrected chi connectivity index (χ0v) is 9.85. The monoisotopic (exact) mass is 217 g/mol. The van der Waals surface area contributed by atoms with Crippen LogP contribution >= 0.6 is 0 Å². The third-order valence-corrected chi connectivity index (χ3v) is 2.78. The van der Waals surface area contributed by atoms with E-state index in [1.165, 1.54) is 18.9 Å². The first kappa shape index (κ1) is 13.9. The van der Waals surface area contributed by atoms with Crippen molar-refractivity contribution in [2.75, 3.05) is 7.11 Å². The second-order valence-corrected chi connectivity index (χ2v) is 3.94. The van der Waals surface area contributed by atoms with Gasteiger partial charge in [-0.05, 0) is 27.7 Å². The highest BCUT2D eigenvalue weighted by atomic mass is 16.5. The maximum atomic E-state index is 11.2. The van der Waals surface area contributed by atoms with Crippen LogP contribution in [0.4, 0.5) is 0 Å². The molecule has 0 bridgehead atoms. The molecule has 2 atom stereocenters. The minimum absolute atomic E-state index is 0.193. The van der Waals surface area contributed by atoms with Crippen molar-refractivity contribution in [2.45, 2.75) is 45.4 Å². The molecule has 15 heavy (non-hydrogen) atoms. The van der Waals surface area contributed by atoms with Crippen molar-refractivity contribution in [3.8, 4) is 0 Å². The molecule has 0 aromatic carbocycles. The number of methoxy groups -OCH3 is 1. The van der Waals surface area contributed by atoms with Gasteiger partial charge in [-0.3, -0.25) is 4.79 Å². The van der Waals surface area contributed by atoms with Crippen molar-refractivity contribution < 1.29 is 19.4 Å². The Morgan fingerprint density at radius 1 is 1.47 bits per heavy atom. The number of aliphatic carboxylic acids is 1. The predicted octanol–water partition coefficient (Wildman–Crippen LogP) is 0.731. The van der Waals surface area contributed by atoms with Crippen molar-refractivity contribution in [1.82, 2.24) is 4.90 Å². The van der Waals surface area contributed by atoms with E-state index in [9.17, 15) is 14.7 Å². The largest absolute Gasteiger partial charge is 0.479 e. The van der Waals surface area contributed by atoms with E-state index in [-0.39, 0.29) is 6.04 Å². The van der Waals surface area contributed by atoms with Crippen LogP contribution in [0.1, 0.15) is 27.7 Å². The lowest BCUT2D eigenvalue weighted by Gasteiger charge is -2.41. The van der Waals surface area contributed by atoms with E-state index in [1.807, 2.05) is 0 Å². The van der Waals surface area contributed by atoms with Crippen LogP contribution in [-0.4, -0.2) is 47.2 Å². The minimum atomic E-state index is -1.34. The molecule has 5 nitrogen and oxygen atoms in total. The summed E-state index contributed by atoms with van der Waals surface area (Å²) in [4.78, 5) is 23.4. The SMILES string of the molecule is COC(C)C(C)(C(=O)O)N(C=O)C(C)C. The van der Waals surface area contributed by atoms with Gasteiger partial charge in [0.15, 0.2) is 5.54 Å². The van der Waals surface area contributed by atoms with Gasteiger partial charge in [-0.25, -0.2) is 4.79 Å². The summed E-state index contributed by atoms with van der Waals surface area (Å²) < 4.78 is 5.03. The van der Waals surface area contributed by atoms with Crippen LogP contribution in [0.5, 0.6) is 0 Å².